The van der Waals surface area contributed by atoms with Gasteiger partial charge in [0.25, 0.3) is 0 Å². The van der Waals surface area contributed by atoms with Crippen molar-refractivity contribution in [1.29, 1.82) is 0 Å². The van der Waals surface area contributed by atoms with Crippen LogP contribution in [0.3, 0.4) is 0 Å². The minimum Gasteiger partial charge on any atom is -0.442 e. The molecule has 0 N–H and O–H groups in total. The van der Waals surface area contributed by atoms with E-state index < -0.39 is 90.8 Å². The van der Waals surface area contributed by atoms with E-state index >= 15 is 0 Å². The number of aliphatic imine (C=N–C) groups is 1. The van der Waals surface area contributed by atoms with Gasteiger partial charge in [0.1, 0.15) is 16.8 Å². The Bertz CT molecular complexity index is 1360. The first-order chi connectivity index (χ1) is 21.9. The molecule has 1 aromatic carbocycles. The highest BCUT2D eigenvalue weighted by molar-refractivity contribution is 7.99. The molecule has 0 aliphatic heterocycles. The Morgan fingerprint density at radius 1 is 0.979 bits per heavy atom. The second-order valence-corrected chi connectivity index (χ2v) is 13.9. The van der Waals surface area contributed by atoms with Gasteiger partial charge in [0.15, 0.2) is 0 Å². The van der Waals surface area contributed by atoms with Gasteiger partial charge in [0, 0.05) is 16.9 Å². The van der Waals surface area contributed by atoms with Gasteiger partial charge in [-0.1, -0.05) is 0 Å². The first kappa shape index (κ1) is 37.6. The van der Waals surface area contributed by atoms with Crippen LogP contribution in [0, 0.1) is 41.8 Å². The monoisotopic (exact) mass is 683 g/mol. The smallest absolute Gasteiger partial charge is 0.442 e. The number of aryl methyl sites for hydroxylation is 1. The highest BCUT2D eigenvalue weighted by Crippen LogP contribution is 2.69. The number of carbonyl (C=O) groups is 5. The Morgan fingerprint density at radius 3 is 2.13 bits per heavy atom. The molecular formula is C32H42FNO12S. The van der Waals surface area contributed by atoms with Crippen molar-refractivity contribution in [2.45, 2.75) is 84.5 Å². The van der Waals surface area contributed by atoms with E-state index in [0.29, 0.717) is 12.0 Å². The molecule has 2 aliphatic carbocycles. The molecule has 2 fully saturated rings. The normalized spacial score (nSPS) is 23.2. The molecule has 0 heterocycles. The van der Waals surface area contributed by atoms with E-state index in [1.54, 1.807) is 67.5 Å². The van der Waals surface area contributed by atoms with Crippen LogP contribution in [0.2, 0.25) is 0 Å². The van der Waals surface area contributed by atoms with E-state index in [1.807, 2.05) is 0 Å². The third-order valence-electron chi connectivity index (χ3n) is 7.34. The summed E-state index contributed by atoms with van der Waals surface area (Å²) in [6.45, 7) is 11.6. The number of rotatable bonds is 12. The van der Waals surface area contributed by atoms with Gasteiger partial charge < -0.3 is 33.2 Å². The van der Waals surface area contributed by atoms with Gasteiger partial charge in [-0.25, -0.2) is 18.8 Å². The second-order valence-electron chi connectivity index (χ2n) is 12.8. The summed E-state index contributed by atoms with van der Waals surface area (Å²) in [5.74, 6) is -4.23. The molecule has 1 unspecified atom stereocenters. The number of hydrogen-bond donors (Lipinski definition) is 0. The second kappa shape index (κ2) is 15.8. The average Bonchev–Trinajstić information content (AvgIpc) is 3.56. The zero-order chi connectivity index (χ0) is 35.1. The van der Waals surface area contributed by atoms with Gasteiger partial charge in [-0.05, 0) is 103 Å². The molecular weight excluding hydrogens is 641 g/mol. The number of carbonyl (C=O) groups excluding carboxylic acids is 5. The molecule has 3 rings (SSSR count). The SMILES string of the molecule is Cc1cc(SC[C@@H]2C[C@@H]3C([C@H]3C(=O)OCOC(=O)OC(C)C)[C@]2(C=NC(=O)OC(C)(C)C)C(=O)OCOC(=O)OC(C)C)ccc1F. The number of benzene rings is 1. The Labute approximate surface area is 277 Å². The minimum atomic E-state index is -1.67. The van der Waals surface area contributed by atoms with Crippen LogP contribution < -0.4 is 0 Å². The van der Waals surface area contributed by atoms with Crippen molar-refractivity contribution < 1.29 is 61.5 Å². The molecule has 260 valence electrons. The Kier molecular flexibility index (Phi) is 12.6. The van der Waals surface area contributed by atoms with Crippen LogP contribution >= 0.6 is 11.8 Å². The summed E-state index contributed by atoms with van der Waals surface area (Å²) in [5, 5.41) is 0. The van der Waals surface area contributed by atoms with Gasteiger partial charge in [0.2, 0.25) is 13.6 Å². The molecule has 2 aliphatic rings. The van der Waals surface area contributed by atoms with E-state index in [-0.39, 0.29) is 11.6 Å². The van der Waals surface area contributed by atoms with Crippen molar-refractivity contribution in [3.05, 3.63) is 29.6 Å². The van der Waals surface area contributed by atoms with Crippen molar-refractivity contribution >= 4 is 48.3 Å². The summed E-state index contributed by atoms with van der Waals surface area (Å²) < 4.78 is 49.3. The predicted molar refractivity (Wildman–Crippen MR) is 165 cm³/mol. The standard InChI is InChI=1S/C32H42FNO12S/c1-17(2)44-29(38)42-15-40-26(35)24-22-12-20(13-47-21-9-10-23(33)19(5)11-21)32(25(22)24,14-34-28(37)46-31(6,7)8)27(36)41-16-43-30(39)45-18(3)4/h9-11,14,17-18,20,22,24-25H,12-13,15-16H2,1-8H3/t20-,22-,24-,25?,32+/m0/s1. The quantitative estimate of drug-likeness (QED) is 0.0802. The Hall–Kier alpha value is -3.88. The first-order valence-electron chi connectivity index (χ1n) is 15.1. The third-order valence-corrected chi connectivity index (χ3v) is 8.50. The summed E-state index contributed by atoms with van der Waals surface area (Å²) in [5.41, 5.74) is -2.12. The number of ether oxygens (including phenoxy) is 7. The van der Waals surface area contributed by atoms with E-state index in [9.17, 15) is 28.4 Å². The van der Waals surface area contributed by atoms with Crippen LogP contribution in [0.25, 0.3) is 0 Å². The van der Waals surface area contributed by atoms with Crippen LogP contribution in [0.4, 0.5) is 18.8 Å². The van der Waals surface area contributed by atoms with Crippen LogP contribution in [0.1, 0.15) is 60.5 Å². The van der Waals surface area contributed by atoms with E-state index in [2.05, 4.69) is 4.99 Å². The molecule has 0 aromatic heterocycles. The lowest BCUT2D eigenvalue weighted by molar-refractivity contribution is -0.165. The lowest BCUT2D eigenvalue weighted by atomic mass is 9.74. The summed E-state index contributed by atoms with van der Waals surface area (Å²) in [6.07, 6.45) is -2.51. The van der Waals surface area contributed by atoms with Crippen molar-refractivity contribution in [3.8, 4) is 0 Å². The molecule has 2 saturated carbocycles. The van der Waals surface area contributed by atoms with Gasteiger partial charge in [-0.15, -0.1) is 11.8 Å². The molecule has 47 heavy (non-hydrogen) atoms. The Morgan fingerprint density at radius 2 is 1.57 bits per heavy atom. The number of fused-ring (bicyclic) bond motifs is 1. The fraction of sp³-hybridized carbons (Fsp3) is 0.625. The van der Waals surface area contributed by atoms with Crippen LogP contribution in [-0.2, 0) is 42.7 Å². The molecule has 5 atom stereocenters. The lowest BCUT2D eigenvalue weighted by Gasteiger charge is -2.33. The molecule has 1 amide bonds. The van der Waals surface area contributed by atoms with E-state index in [4.69, 9.17) is 33.2 Å². The molecule has 0 spiro atoms. The van der Waals surface area contributed by atoms with Crippen LogP contribution in [0.15, 0.2) is 28.1 Å². The third kappa shape index (κ3) is 10.3. The zero-order valence-corrected chi connectivity index (χ0v) is 28.6. The maximum absolute atomic E-state index is 14.0. The van der Waals surface area contributed by atoms with Crippen molar-refractivity contribution in [2.24, 2.45) is 34.1 Å². The number of halogens is 1. The molecule has 0 bridgehead atoms. The highest BCUT2D eigenvalue weighted by atomic mass is 32.2. The summed E-state index contributed by atoms with van der Waals surface area (Å²) in [4.78, 5) is 68.2. The Balaban J connectivity index is 1.90. The van der Waals surface area contributed by atoms with Gasteiger partial charge in [-0.2, -0.15) is 4.99 Å². The van der Waals surface area contributed by atoms with Crippen LogP contribution in [0.5, 0.6) is 0 Å². The highest BCUT2D eigenvalue weighted by Gasteiger charge is 2.75. The summed E-state index contributed by atoms with van der Waals surface area (Å²) in [7, 11) is 0. The summed E-state index contributed by atoms with van der Waals surface area (Å²) >= 11 is 1.35. The number of thioether (sulfide) groups is 1. The number of amides is 1. The summed E-state index contributed by atoms with van der Waals surface area (Å²) in [6, 6.07) is 4.62. The topological polar surface area (TPSA) is 162 Å². The maximum Gasteiger partial charge on any atom is 0.511 e. The molecule has 1 aromatic rings. The molecule has 15 heteroatoms. The van der Waals surface area contributed by atoms with E-state index in [1.165, 1.54) is 17.8 Å². The van der Waals surface area contributed by atoms with Crippen LogP contribution in [-0.4, -0.2) is 73.7 Å². The van der Waals surface area contributed by atoms with Crippen molar-refractivity contribution in [1.82, 2.24) is 0 Å². The fourth-order valence-corrected chi connectivity index (χ4v) is 6.71. The minimum absolute atomic E-state index is 0.287. The predicted octanol–water partition coefficient (Wildman–Crippen LogP) is 6.23. The average molecular weight is 684 g/mol. The lowest BCUT2D eigenvalue weighted by Crippen LogP contribution is -2.44. The number of hydrogen-bond acceptors (Lipinski definition) is 13. The molecule has 0 radical (unpaired) electrons. The number of esters is 2. The maximum atomic E-state index is 14.0. The zero-order valence-electron chi connectivity index (χ0n) is 27.7. The largest absolute Gasteiger partial charge is 0.511 e. The van der Waals surface area contributed by atoms with Crippen molar-refractivity contribution in [2.75, 3.05) is 19.3 Å². The van der Waals surface area contributed by atoms with E-state index in [0.717, 1.165) is 11.1 Å². The molecule has 0 saturated heterocycles. The van der Waals surface area contributed by atoms with Gasteiger partial charge >= 0.3 is 30.3 Å². The molecule has 13 nitrogen and oxygen atoms in total. The van der Waals surface area contributed by atoms with Gasteiger partial charge in [-0.3, -0.25) is 9.59 Å². The van der Waals surface area contributed by atoms with Crippen molar-refractivity contribution in [3.63, 3.8) is 0 Å². The first-order valence-corrected chi connectivity index (χ1v) is 16.1. The fourth-order valence-electron chi connectivity index (χ4n) is 5.48. The van der Waals surface area contributed by atoms with Gasteiger partial charge in [0.05, 0.1) is 18.1 Å². The number of nitrogens with zero attached hydrogens (tertiary/aromatic N) is 1.